The Hall–Kier alpha value is -0.780. The lowest BCUT2D eigenvalue weighted by molar-refractivity contribution is -0.165. The summed E-state index contributed by atoms with van der Waals surface area (Å²) in [6, 6.07) is 0. The maximum atomic E-state index is 12.6. The number of aliphatic hydroxyl groups excluding tert-OH is 2. The molecule has 0 spiro atoms. The number of rotatable bonds is 30. The van der Waals surface area contributed by atoms with Crippen LogP contribution >= 0.6 is 0 Å². The number of hydrogen-bond acceptors (Lipinski definition) is 5. The summed E-state index contributed by atoms with van der Waals surface area (Å²) >= 11 is 0. The molecule has 0 bridgehead atoms. The second kappa shape index (κ2) is 26.4. The van der Waals surface area contributed by atoms with Crippen LogP contribution in [0.2, 0.25) is 0 Å². The highest BCUT2D eigenvalue weighted by atomic mass is 16.4. The second-order valence-electron chi connectivity index (χ2n) is 11.7. The maximum Gasteiger partial charge on any atom is 0.178 e. The predicted molar refractivity (Wildman–Crippen MR) is 159 cm³/mol. The summed E-state index contributed by atoms with van der Waals surface area (Å²) in [7, 11) is 0. The molecule has 0 aliphatic heterocycles. The van der Waals surface area contributed by atoms with Crippen LogP contribution in [-0.4, -0.2) is 45.2 Å². The largest absolute Gasteiger partial charge is 0.393 e. The molecule has 0 aromatic heterocycles. The Labute approximate surface area is 235 Å². The van der Waals surface area contributed by atoms with Gasteiger partial charge < -0.3 is 15.3 Å². The van der Waals surface area contributed by atoms with Crippen molar-refractivity contribution in [1.29, 1.82) is 0 Å². The quantitative estimate of drug-likeness (QED) is 0.0795. The average Bonchev–Trinajstić information content (AvgIpc) is 2.93. The Morgan fingerprint density at radius 1 is 0.526 bits per heavy atom. The first-order chi connectivity index (χ1) is 18.4. The number of carbonyl (C=O) groups is 2. The Balaban J connectivity index is 3.90. The lowest BCUT2D eigenvalue weighted by Crippen LogP contribution is -2.55. The molecule has 0 aliphatic rings. The van der Waals surface area contributed by atoms with Crippen LogP contribution in [-0.2, 0) is 9.59 Å². The molecule has 0 saturated carbocycles. The fourth-order valence-electron chi connectivity index (χ4n) is 5.21. The molecule has 0 aromatic carbocycles. The summed E-state index contributed by atoms with van der Waals surface area (Å²) in [5.74, 6) is -1.17. The smallest absolute Gasteiger partial charge is 0.178 e. The van der Waals surface area contributed by atoms with E-state index in [-0.39, 0.29) is 12.8 Å². The first kappa shape index (κ1) is 37.2. The molecule has 0 aromatic rings. The van der Waals surface area contributed by atoms with Crippen molar-refractivity contribution < 1.29 is 24.9 Å². The highest BCUT2D eigenvalue weighted by Crippen LogP contribution is 2.20. The molecule has 0 radical (unpaired) electrons. The third kappa shape index (κ3) is 19.3. The lowest BCUT2D eigenvalue weighted by atomic mass is 9.85. The van der Waals surface area contributed by atoms with Crippen LogP contribution in [0, 0.1) is 0 Å². The normalized spacial score (nSPS) is 13.9. The molecule has 0 aliphatic carbocycles. The number of unbranched alkanes of at least 4 members (excludes halogenated alkanes) is 22. The topological polar surface area (TPSA) is 94.8 Å². The summed E-state index contributed by atoms with van der Waals surface area (Å²) in [5.41, 5.74) is -2.37. The van der Waals surface area contributed by atoms with E-state index in [2.05, 4.69) is 13.8 Å². The number of ketones is 2. The van der Waals surface area contributed by atoms with Crippen LogP contribution < -0.4 is 0 Å². The van der Waals surface area contributed by atoms with E-state index in [0.29, 0.717) is 12.8 Å². The summed E-state index contributed by atoms with van der Waals surface area (Å²) in [6.45, 7) is 3.55. The molecule has 0 fully saturated rings. The van der Waals surface area contributed by atoms with Gasteiger partial charge in [0.05, 0.1) is 6.61 Å². The minimum absolute atomic E-state index is 0.0805. The Kier molecular flexibility index (Phi) is 25.9. The molecule has 2 atom stereocenters. The van der Waals surface area contributed by atoms with Gasteiger partial charge in [0.2, 0.25) is 0 Å². The van der Waals surface area contributed by atoms with Gasteiger partial charge in [0, 0.05) is 12.8 Å². The first-order valence-corrected chi connectivity index (χ1v) is 16.5. The Morgan fingerprint density at radius 3 is 1.13 bits per heavy atom. The van der Waals surface area contributed by atoms with Gasteiger partial charge in [-0.25, -0.2) is 0 Å². The highest BCUT2D eigenvalue weighted by Gasteiger charge is 2.45. The fourth-order valence-corrected chi connectivity index (χ4v) is 5.21. The Morgan fingerprint density at radius 2 is 0.816 bits per heavy atom. The molecule has 5 nitrogen and oxygen atoms in total. The minimum atomic E-state index is -2.37. The molecule has 0 rings (SSSR count). The van der Waals surface area contributed by atoms with Crippen LogP contribution in [0.4, 0.5) is 0 Å². The van der Waals surface area contributed by atoms with E-state index in [1.54, 1.807) is 0 Å². The van der Waals surface area contributed by atoms with Crippen molar-refractivity contribution in [2.24, 2.45) is 0 Å². The third-order valence-corrected chi connectivity index (χ3v) is 8.02. The molecule has 3 N–H and O–H groups in total. The van der Waals surface area contributed by atoms with Crippen molar-refractivity contribution in [3.05, 3.63) is 0 Å². The van der Waals surface area contributed by atoms with E-state index in [0.717, 1.165) is 38.5 Å². The van der Waals surface area contributed by atoms with E-state index in [9.17, 15) is 24.9 Å². The van der Waals surface area contributed by atoms with E-state index in [1.165, 1.54) is 103 Å². The molecule has 5 heteroatoms. The van der Waals surface area contributed by atoms with Crippen LogP contribution in [0.3, 0.4) is 0 Å². The van der Waals surface area contributed by atoms with E-state index < -0.39 is 29.9 Å². The fraction of sp³-hybridized carbons (Fsp3) is 0.939. The molecule has 226 valence electrons. The second-order valence-corrected chi connectivity index (χ2v) is 11.7. The number of carbonyl (C=O) groups excluding carboxylic acids is 2. The monoisotopic (exact) mass is 540 g/mol. The van der Waals surface area contributed by atoms with E-state index >= 15 is 0 Å². The van der Waals surface area contributed by atoms with Crippen molar-refractivity contribution in [3.8, 4) is 0 Å². The van der Waals surface area contributed by atoms with Crippen molar-refractivity contribution in [3.63, 3.8) is 0 Å². The third-order valence-electron chi connectivity index (χ3n) is 8.02. The van der Waals surface area contributed by atoms with Crippen molar-refractivity contribution in [2.45, 2.75) is 192 Å². The van der Waals surface area contributed by atoms with Gasteiger partial charge in [-0.3, -0.25) is 9.59 Å². The number of aliphatic hydroxyl groups is 3. The van der Waals surface area contributed by atoms with Crippen molar-refractivity contribution in [2.75, 3.05) is 6.61 Å². The average molecular weight is 541 g/mol. The van der Waals surface area contributed by atoms with Crippen LogP contribution in [0.15, 0.2) is 0 Å². The SMILES string of the molecule is CCCCCCCCCCCCCCCC(=O)C(O)C(O)(CO)C(=O)CCCCCCCCCCCCC. The minimum Gasteiger partial charge on any atom is -0.393 e. The van der Waals surface area contributed by atoms with Gasteiger partial charge in [0.1, 0.15) is 0 Å². The number of Topliss-reactive ketones (excluding diaryl/α,β-unsaturated/α-hetero) is 2. The lowest BCUT2D eigenvalue weighted by Gasteiger charge is -2.29. The molecule has 0 heterocycles. The van der Waals surface area contributed by atoms with Crippen LogP contribution in [0.1, 0.15) is 181 Å². The zero-order chi connectivity index (χ0) is 28.3. The van der Waals surface area contributed by atoms with Gasteiger partial charge in [-0.15, -0.1) is 0 Å². The highest BCUT2D eigenvalue weighted by molar-refractivity contribution is 5.96. The van der Waals surface area contributed by atoms with Crippen LogP contribution in [0.5, 0.6) is 0 Å². The molecular weight excluding hydrogens is 476 g/mol. The molecule has 0 amide bonds. The van der Waals surface area contributed by atoms with Crippen molar-refractivity contribution in [1.82, 2.24) is 0 Å². The Bertz CT molecular complexity index is 550. The van der Waals surface area contributed by atoms with Gasteiger partial charge in [-0.2, -0.15) is 0 Å². The predicted octanol–water partition coefficient (Wildman–Crippen LogP) is 8.39. The van der Waals surface area contributed by atoms with Gasteiger partial charge in [-0.05, 0) is 12.8 Å². The summed E-state index contributed by atoms with van der Waals surface area (Å²) < 4.78 is 0. The summed E-state index contributed by atoms with van der Waals surface area (Å²) in [4.78, 5) is 25.0. The zero-order valence-corrected chi connectivity index (χ0v) is 25.3. The van der Waals surface area contributed by atoms with Gasteiger partial charge >= 0.3 is 0 Å². The summed E-state index contributed by atoms with van der Waals surface area (Å²) in [5, 5.41) is 30.7. The van der Waals surface area contributed by atoms with Gasteiger partial charge in [-0.1, -0.05) is 155 Å². The van der Waals surface area contributed by atoms with Crippen molar-refractivity contribution >= 4 is 11.6 Å². The van der Waals surface area contributed by atoms with E-state index in [1.807, 2.05) is 0 Å². The zero-order valence-electron chi connectivity index (χ0n) is 25.3. The maximum absolute atomic E-state index is 12.6. The van der Waals surface area contributed by atoms with Crippen LogP contribution in [0.25, 0.3) is 0 Å². The van der Waals surface area contributed by atoms with Gasteiger partial charge in [0.25, 0.3) is 0 Å². The molecule has 0 saturated heterocycles. The van der Waals surface area contributed by atoms with E-state index in [4.69, 9.17) is 0 Å². The van der Waals surface area contributed by atoms with Gasteiger partial charge in [0.15, 0.2) is 23.3 Å². The summed E-state index contributed by atoms with van der Waals surface area (Å²) in [6.07, 6.45) is 26.7. The molecular formula is C33H64O5. The first-order valence-electron chi connectivity index (χ1n) is 16.5. The number of hydrogen-bond donors (Lipinski definition) is 3. The molecule has 2 unspecified atom stereocenters. The standard InChI is InChI=1S/C33H64O5/c1-3-5-7-9-11-13-15-16-18-19-21-23-25-27-30(35)32(37)33(38,29-34)31(36)28-26-24-22-20-17-14-12-10-8-6-4-2/h32,34,37-38H,3-29H2,1-2H3. The molecule has 38 heavy (non-hydrogen) atoms.